The van der Waals surface area contributed by atoms with Crippen LogP contribution in [0.2, 0.25) is 0 Å². The molecule has 3 aromatic rings. The van der Waals surface area contributed by atoms with E-state index in [9.17, 15) is 4.79 Å². The molecule has 1 aliphatic heterocycles. The second-order valence-corrected chi connectivity index (χ2v) is 8.03. The van der Waals surface area contributed by atoms with Crippen LogP contribution in [0.5, 0.6) is 17.2 Å². The number of aromatic nitrogens is 1. The Bertz CT molecular complexity index is 1010. The predicted octanol–water partition coefficient (Wildman–Crippen LogP) is 4.10. The molecule has 1 aliphatic rings. The van der Waals surface area contributed by atoms with Gasteiger partial charge in [-0.05, 0) is 60.2 Å². The number of hydrogen-bond donors (Lipinski definition) is 0. The Morgan fingerprint density at radius 2 is 2.00 bits per heavy atom. The highest BCUT2D eigenvalue weighted by molar-refractivity contribution is 7.10. The van der Waals surface area contributed by atoms with Gasteiger partial charge >= 0.3 is 0 Å². The number of carbonyl (C=O) groups is 1. The van der Waals surface area contributed by atoms with E-state index in [1.165, 1.54) is 0 Å². The van der Waals surface area contributed by atoms with Crippen LogP contribution in [0.4, 0.5) is 0 Å². The van der Waals surface area contributed by atoms with Crippen molar-refractivity contribution in [3.05, 3.63) is 70.2 Å². The van der Waals surface area contributed by atoms with Gasteiger partial charge in [0.1, 0.15) is 5.75 Å². The van der Waals surface area contributed by atoms with Crippen molar-refractivity contribution in [1.82, 2.24) is 9.88 Å². The van der Waals surface area contributed by atoms with Crippen molar-refractivity contribution in [2.45, 2.75) is 25.5 Å². The van der Waals surface area contributed by atoms with Crippen molar-refractivity contribution in [2.24, 2.45) is 0 Å². The molecule has 1 aromatic carbocycles. The second kappa shape index (κ2) is 8.75. The van der Waals surface area contributed by atoms with Crippen LogP contribution in [0.15, 0.2) is 54.2 Å². The van der Waals surface area contributed by atoms with Crippen molar-refractivity contribution in [3.8, 4) is 17.2 Å². The van der Waals surface area contributed by atoms with Crippen LogP contribution in [-0.4, -0.2) is 42.7 Å². The summed E-state index contributed by atoms with van der Waals surface area (Å²) in [6, 6.07) is 11.5. The minimum Gasteiger partial charge on any atom is -0.493 e. The van der Waals surface area contributed by atoms with Crippen molar-refractivity contribution in [1.29, 1.82) is 0 Å². The van der Waals surface area contributed by atoms with E-state index in [4.69, 9.17) is 14.2 Å². The van der Waals surface area contributed by atoms with E-state index < -0.39 is 6.10 Å². The second-order valence-electron chi connectivity index (χ2n) is 7.05. The predicted molar refractivity (Wildman–Crippen MR) is 115 cm³/mol. The fourth-order valence-corrected chi connectivity index (χ4v) is 4.70. The summed E-state index contributed by atoms with van der Waals surface area (Å²) in [7, 11) is 3.26. The minimum atomic E-state index is -0.627. The molecule has 0 spiro atoms. The van der Waals surface area contributed by atoms with Crippen LogP contribution in [0.1, 0.15) is 29.0 Å². The molecule has 2 unspecified atom stereocenters. The van der Waals surface area contributed by atoms with Crippen LogP contribution in [0.25, 0.3) is 0 Å². The molecule has 2 aromatic heterocycles. The van der Waals surface area contributed by atoms with E-state index in [1.807, 2.05) is 28.5 Å². The van der Waals surface area contributed by atoms with Gasteiger partial charge in [0.25, 0.3) is 5.91 Å². The number of hydrogen-bond acceptors (Lipinski definition) is 6. The molecule has 0 bridgehead atoms. The van der Waals surface area contributed by atoms with Gasteiger partial charge in [-0.3, -0.25) is 9.78 Å². The third-order valence-electron chi connectivity index (χ3n) is 5.26. The molecule has 30 heavy (non-hydrogen) atoms. The normalized spacial score (nSPS) is 16.5. The van der Waals surface area contributed by atoms with E-state index in [-0.39, 0.29) is 11.9 Å². The number of ether oxygens (including phenoxy) is 3. The Hall–Kier alpha value is -3.06. The van der Waals surface area contributed by atoms with Gasteiger partial charge < -0.3 is 19.1 Å². The van der Waals surface area contributed by atoms with E-state index >= 15 is 0 Å². The van der Waals surface area contributed by atoms with Crippen LogP contribution >= 0.6 is 11.3 Å². The van der Waals surface area contributed by atoms with E-state index in [0.717, 1.165) is 22.4 Å². The highest BCUT2D eigenvalue weighted by Gasteiger charge is 2.36. The third kappa shape index (κ3) is 3.85. The summed E-state index contributed by atoms with van der Waals surface area (Å²) in [5.74, 6) is 1.88. The largest absolute Gasteiger partial charge is 0.493 e. The summed E-state index contributed by atoms with van der Waals surface area (Å²) in [5.41, 5.74) is 2.22. The number of methoxy groups -OCH3 is 2. The first-order valence-corrected chi connectivity index (χ1v) is 10.7. The molecular formula is C23H24N2O4S. The van der Waals surface area contributed by atoms with Crippen LogP contribution in [0.3, 0.4) is 0 Å². The smallest absolute Gasteiger partial charge is 0.264 e. The summed E-state index contributed by atoms with van der Waals surface area (Å²) in [6.45, 7) is 2.38. The molecule has 2 atom stereocenters. The minimum absolute atomic E-state index is 0.0577. The highest BCUT2D eigenvalue weighted by atomic mass is 32.1. The van der Waals surface area contributed by atoms with Crippen LogP contribution in [0, 0.1) is 0 Å². The molecule has 7 heteroatoms. The number of pyridine rings is 1. The van der Waals surface area contributed by atoms with Gasteiger partial charge in [-0.25, -0.2) is 0 Å². The molecule has 0 fully saturated rings. The highest BCUT2D eigenvalue weighted by Crippen LogP contribution is 2.42. The molecule has 3 heterocycles. The van der Waals surface area contributed by atoms with E-state index in [1.54, 1.807) is 57.0 Å². The molecular weight excluding hydrogens is 400 g/mol. The zero-order chi connectivity index (χ0) is 21.1. The standard InChI is InChI=1S/C23H24N2O4S/c1-15(29-17-6-4-9-24-14-17)23(26)25-10-8-16-12-19(27-2)20(28-3)13-18(16)22(25)21-7-5-11-30-21/h4-7,9,11-15,22H,8,10H2,1-3H3. The third-order valence-corrected chi connectivity index (χ3v) is 6.19. The quantitative estimate of drug-likeness (QED) is 0.596. The van der Waals surface area contributed by atoms with E-state index in [0.29, 0.717) is 23.8 Å². The van der Waals surface area contributed by atoms with Gasteiger partial charge in [0, 0.05) is 17.6 Å². The van der Waals surface area contributed by atoms with Gasteiger partial charge in [0.15, 0.2) is 17.6 Å². The Morgan fingerprint density at radius 1 is 1.20 bits per heavy atom. The number of rotatable bonds is 6. The number of amides is 1. The maximum atomic E-state index is 13.4. The summed E-state index contributed by atoms with van der Waals surface area (Å²) in [6.07, 6.45) is 3.40. The van der Waals surface area contributed by atoms with Gasteiger partial charge in [0.05, 0.1) is 26.5 Å². The SMILES string of the molecule is COc1cc2c(cc1OC)C(c1cccs1)N(C(=O)C(C)Oc1cccnc1)CC2. The maximum Gasteiger partial charge on any atom is 0.264 e. The molecule has 0 radical (unpaired) electrons. The number of nitrogens with zero attached hydrogens (tertiary/aromatic N) is 2. The van der Waals surface area contributed by atoms with Crippen molar-refractivity contribution < 1.29 is 19.0 Å². The molecule has 0 N–H and O–H groups in total. The van der Waals surface area contributed by atoms with Crippen molar-refractivity contribution in [2.75, 3.05) is 20.8 Å². The first-order chi connectivity index (χ1) is 14.6. The fraction of sp³-hybridized carbons (Fsp3) is 0.304. The Labute approximate surface area is 180 Å². The van der Waals surface area contributed by atoms with E-state index in [2.05, 4.69) is 11.1 Å². The zero-order valence-corrected chi connectivity index (χ0v) is 18.0. The number of benzene rings is 1. The lowest BCUT2D eigenvalue weighted by atomic mass is 9.90. The average molecular weight is 425 g/mol. The number of carbonyl (C=O) groups excluding carboxylic acids is 1. The molecule has 6 nitrogen and oxygen atoms in total. The summed E-state index contributed by atoms with van der Waals surface area (Å²) in [4.78, 5) is 20.5. The Kier molecular flexibility index (Phi) is 5.90. The van der Waals surface area contributed by atoms with Gasteiger partial charge in [-0.15, -0.1) is 11.3 Å². The average Bonchev–Trinajstić information content (AvgIpc) is 3.31. The lowest BCUT2D eigenvalue weighted by molar-refractivity contribution is -0.140. The van der Waals surface area contributed by atoms with Crippen LogP contribution < -0.4 is 14.2 Å². The van der Waals surface area contributed by atoms with Gasteiger partial charge in [0.2, 0.25) is 0 Å². The summed E-state index contributed by atoms with van der Waals surface area (Å²) >= 11 is 1.64. The molecule has 0 aliphatic carbocycles. The molecule has 156 valence electrons. The first kappa shape index (κ1) is 20.2. The number of fused-ring (bicyclic) bond motifs is 1. The monoisotopic (exact) mass is 424 g/mol. The lowest BCUT2D eigenvalue weighted by Gasteiger charge is -2.38. The Balaban J connectivity index is 1.69. The maximum absolute atomic E-state index is 13.4. The van der Waals surface area contributed by atoms with Gasteiger partial charge in [-0.2, -0.15) is 0 Å². The van der Waals surface area contributed by atoms with Crippen molar-refractivity contribution in [3.63, 3.8) is 0 Å². The Morgan fingerprint density at radius 3 is 2.67 bits per heavy atom. The summed E-state index contributed by atoms with van der Waals surface area (Å²) in [5, 5.41) is 2.03. The molecule has 4 rings (SSSR count). The molecule has 0 saturated heterocycles. The fourth-order valence-electron chi connectivity index (χ4n) is 3.84. The lowest BCUT2D eigenvalue weighted by Crippen LogP contribution is -2.46. The zero-order valence-electron chi connectivity index (χ0n) is 17.2. The van der Waals surface area contributed by atoms with Gasteiger partial charge in [-0.1, -0.05) is 6.07 Å². The number of thiophene rings is 1. The first-order valence-electron chi connectivity index (χ1n) is 9.77. The van der Waals surface area contributed by atoms with Crippen LogP contribution in [-0.2, 0) is 11.2 Å². The molecule has 0 saturated carbocycles. The molecule has 1 amide bonds. The summed E-state index contributed by atoms with van der Waals surface area (Å²) < 4.78 is 16.9. The topological polar surface area (TPSA) is 60.9 Å². The van der Waals surface area contributed by atoms with Crippen molar-refractivity contribution >= 4 is 17.2 Å².